The molecule has 132 valence electrons. The van der Waals surface area contributed by atoms with E-state index in [0.29, 0.717) is 0 Å². The number of hydrogen-bond acceptors (Lipinski definition) is 3. The van der Waals surface area contributed by atoms with Gasteiger partial charge in [0.2, 0.25) is 0 Å². The monoisotopic (exact) mass is 362 g/mol. The highest BCUT2D eigenvalue weighted by molar-refractivity contribution is 8.01. The van der Waals surface area contributed by atoms with Crippen LogP contribution in [-0.2, 0) is 14.3 Å². The number of rotatable bonds is 6. The summed E-state index contributed by atoms with van der Waals surface area (Å²) in [5.41, 5.74) is 3.41. The maximum absolute atomic E-state index is 12.2. The number of benzene rings is 3. The Morgan fingerprint density at radius 1 is 0.769 bits per heavy atom. The molecule has 0 N–H and O–H groups in total. The molecule has 0 saturated heterocycles. The molecule has 0 bridgehead atoms. The quantitative estimate of drug-likeness (QED) is 0.441. The summed E-state index contributed by atoms with van der Waals surface area (Å²) in [6, 6.07) is 31.0. The van der Waals surface area contributed by atoms with E-state index in [0.717, 1.165) is 16.7 Å². The summed E-state index contributed by atoms with van der Waals surface area (Å²) in [6.45, 7) is 1.90. The lowest BCUT2D eigenvalue weighted by Gasteiger charge is -2.36. The Morgan fingerprint density at radius 3 is 1.42 bits per heavy atom. The molecule has 3 rings (SSSR count). The van der Waals surface area contributed by atoms with Gasteiger partial charge in [-0.25, -0.2) is 0 Å². The predicted molar refractivity (Wildman–Crippen MR) is 108 cm³/mol. The first-order valence-electron chi connectivity index (χ1n) is 8.60. The van der Waals surface area contributed by atoms with E-state index in [1.165, 1.54) is 7.11 Å². The zero-order chi connectivity index (χ0) is 18.4. The molecule has 0 radical (unpaired) electrons. The molecule has 3 aromatic rings. The molecule has 26 heavy (non-hydrogen) atoms. The lowest BCUT2D eigenvalue weighted by atomic mass is 9.84. The van der Waals surface area contributed by atoms with Crippen molar-refractivity contribution in [3.05, 3.63) is 108 Å². The fourth-order valence-corrected chi connectivity index (χ4v) is 4.74. The van der Waals surface area contributed by atoms with Crippen molar-refractivity contribution in [1.29, 1.82) is 0 Å². The minimum atomic E-state index is -0.503. The van der Waals surface area contributed by atoms with Crippen molar-refractivity contribution >= 4 is 17.7 Å². The maximum Gasteiger partial charge on any atom is 0.318 e. The van der Waals surface area contributed by atoms with Crippen molar-refractivity contribution in [3.63, 3.8) is 0 Å². The Morgan fingerprint density at radius 2 is 1.12 bits per heavy atom. The number of carbonyl (C=O) groups excluding carboxylic acids is 1. The third-order valence-electron chi connectivity index (χ3n) is 4.43. The molecule has 0 aliphatic heterocycles. The lowest BCUT2D eigenvalue weighted by Crippen LogP contribution is -2.30. The maximum atomic E-state index is 12.2. The largest absolute Gasteiger partial charge is 0.468 e. The van der Waals surface area contributed by atoms with Gasteiger partial charge in [-0.3, -0.25) is 4.79 Å². The van der Waals surface area contributed by atoms with Crippen LogP contribution < -0.4 is 0 Å². The van der Waals surface area contributed by atoms with Crippen LogP contribution in [0.5, 0.6) is 0 Å². The molecule has 2 nitrogen and oxygen atoms in total. The van der Waals surface area contributed by atoms with Crippen molar-refractivity contribution < 1.29 is 9.53 Å². The second kappa shape index (κ2) is 8.24. The van der Waals surface area contributed by atoms with Gasteiger partial charge < -0.3 is 4.74 Å². The van der Waals surface area contributed by atoms with E-state index in [4.69, 9.17) is 4.74 Å². The summed E-state index contributed by atoms with van der Waals surface area (Å²) in [7, 11) is 1.44. The van der Waals surface area contributed by atoms with Gasteiger partial charge in [0.05, 0.1) is 11.9 Å². The Hall–Kier alpha value is -2.52. The van der Waals surface area contributed by atoms with E-state index >= 15 is 0 Å². The van der Waals surface area contributed by atoms with Crippen LogP contribution in [-0.4, -0.2) is 18.3 Å². The molecule has 3 heteroatoms. The number of thioether (sulfide) groups is 1. The zero-order valence-corrected chi connectivity index (χ0v) is 15.8. The van der Waals surface area contributed by atoms with E-state index in [1.54, 1.807) is 11.8 Å². The highest BCUT2D eigenvalue weighted by Crippen LogP contribution is 2.50. The van der Waals surface area contributed by atoms with Crippen LogP contribution >= 0.6 is 11.8 Å². The van der Waals surface area contributed by atoms with Gasteiger partial charge in [0.15, 0.2) is 0 Å². The second-order valence-corrected chi connectivity index (χ2v) is 7.62. The van der Waals surface area contributed by atoms with Gasteiger partial charge in [-0.05, 0) is 23.6 Å². The molecule has 0 aliphatic carbocycles. The van der Waals surface area contributed by atoms with Crippen molar-refractivity contribution in [2.75, 3.05) is 7.11 Å². The number of methoxy groups -OCH3 is 1. The van der Waals surface area contributed by atoms with Gasteiger partial charge in [0.25, 0.3) is 0 Å². The van der Waals surface area contributed by atoms with E-state index in [-0.39, 0.29) is 11.2 Å². The Labute approximate surface area is 159 Å². The van der Waals surface area contributed by atoms with Gasteiger partial charge in [-0.2, -0.15) is 0 Å². The molecule has 0 heterocycles. The number of carbonyl (C=O) groups is 1. The summed E-state index contributed by atoms with van der Waals surface area (Å²) >= 11 is 1.61. The number of hydrogen-bond donors (Lipinski definition) is 0. The molecular formula is C23H22O2S. The molecule has 0 fully saturated rings. The smallest absolute Gasteiger partial charge is 0.318 e. The van der Waals surface area contributed by atoms with Crippen molar-refractivity contribution in [2.45, 2.75) is 16.9 Å². The first kappa shape index (κ1) is 18.3. The summed E-state index contributed by atoms with van der Waals surface area (Å²) in [5, 5.41) is -0.319. The lowest BCUT2D eigenvalue weighted by molar-refractivity contribution is -0.139. The summed E-state index contributed by atoms with van der Waals surface area (Å²) in [6.07, 6.45) is 0. The first-order chi connectivity index (χ1) is 12.7. The molecule has 1 atom stereocenters. The second-order valence-electron chi connectivity index (χ2n) is 6.06. The third kappa shape index (κ3) is 3.54. The molecule has 0 aromatic heterocycles. The van der Waals surface area contributed by atoms with Crippen molar-refractivity contribution in [3.8, 4) is 0 Å². The molecule has 0 aliphatic rings. The van der Waals surface area contributed by atoms with Crippen molar-refractivity contribution in [1.82, 2.24) is 0 Å². The van der Waals surface area contributed by atoms with Crippen LogP contribution in [0.4, 0.5) is 0 Å². The van der Waals surface area contributed by atoms with E-state index in [9.17, 15) is 4.79 Å². The number of ether oxygens (including phenoxy) is 1. The van der Waals surface area contributed by atoms with Gasteiger partial charge in [0.1, 0.15) is 5.25 Å². The average Bonchev–Trinajstić information content (AvgIpc) is 2.73. The Bertz CT molecular complexity index is 735. The van der Waals surface area contributed by atoms with Crippen LogP contribution in [0.2, 0.25) is 0 Å². The van der Waals surface area contributed by atoms with E-state index in [1.807, 2.05) is 61.5 Å². The van der Waals surface area contributed by atoms with E-state index in [2.05, 4.69) is 36.4 Å². The normalized spacial score (nSPS) is 12.4. The van der Waals surface area contributed by atoms with Gasteiger partial charge >= 0.3 is 5.97 Å². The predicted octanol–water partition coefficient (Wildman–Crippen LogP) is 5.27. The van der Waals surface area contributed by atoms with Crippen LogP contribution in [0.25, 0.3) is 0 Å². The topological polar surface area (TPSA) is 26.3 Å². The van der Waals surface area contributed by atoms with Crippen LogP contribution in [0.1, 0.15) is 23.6 Å². The molecule has 3 aromatic carbocycles. The van der Waals surface area contributed by atoms with Gasteiger partial charge in [0, 0.05) is 0 Å². The fraction of sp³-hybridized carbons (Fsp3) is 0.174. The minimum Gasteiger partial charge on any atom is -0.468 e. The summed E-state index contributed by atoms with van der Waals surface area (Å²) in [5.74, 6) is -0.220. The highest BCUT2D eigenvalue weighted by atomic mass is 32.2. The molecular weight excluding hydrogens is 340 g/mol. The standard InChI is InChI=1S/C23H22O2S/c1-18(22(24)25-2)26-23(19-12-6-3-7-13-19,20-14-8-4-9-15-20)21-16-10-5-11-17-21/h3-18H,1-2H3/t18-/m1/s1. The van der Waals surface area contributed by atoms with Gasteiger partial charge in [-0.1, -0.05) is 91.0 Å². The first-order valence-corrected chi connectivity index (χ1v) is 9.48. The van der Waals surface area contributed by atoms with Crippen LogP contribution in [0.15, 0.2) is 91.0 Å². The summed E-state index contributed by atoms with van der Waals surface area (Å²) < 4.78 is 4.50. The molecule has 0 unspecified atom stereocenters. The molecule has 0 spiro atoms. The Balaban J connectivity index is 2.26. The average molecular weight is 362 g/mol. The zero-order valence-electron chi connectivity index (χ0n) is 15.0. The SMILES string of the molecule is COC(=O)[C@@H](C)SC(c1ccccc1)(c1ccccc1)c1ccccc1. The van der Waals surface area contributed by atoms with Crippen molar-refractivity contribution in [2.24, 2.45) is 0 Å². The molecule has 0 saturated carbocycles. The minimum absolute atomic E-state index is 0.220. The van der Waals surface area contributed by atoms with E-state index < -0.39 is 4.75 Å². The fourth-order valence-electron chi connectivity index (χ4n) is 3.20. The Kier molecular flexibility index (Phi) is 5.79. The van der Waals surface area contributed by atoms with Gasteiger partial charge in [-0.15, -0.1) is 11.8 Å². The molecule has 0 amide bonds. The summed E-state index contributed by atoms with van der Waals surface area (Å²) in [4.78, 5) is 12.2. The van der Waals surface area contributed by atoms with Crippen LogP contribution in [0.3, 0.4) is 0 Å². The van der Waals surface area contributed by atoms with Crippen LogP contribution in [0, 0.1) is 0 Å². The number of esters is 1. The highest BCUT2D eigenvalue weighted by Gasteiger charge is 2.40. The third-order valence-corrected chi connectivity index (χ3v) is 6.03.